The van der Waals surface area contributed by atoms with Gasteiger partial charge in [0.15, 0.2) is 0 Å². The van der Waals surface area contributed by atoms with Crippen molar-refractivity contribution >= 4 is 30.0 Å². The topological polar surface area (TPSA) is 142 Å². The summed E-state index contributed by atoms with van der Waals surface area (Å²) in [6.45, 7) is 11.4. The SMILES string of the molecule is CCC(=O)N(CC(/C=N/O)=N\NC(=O)OC(C)(C)C)NC(=O)OC(C)(C)C. The van der Waals surface area contributed by atoms with Crippen LogP contribution in [0.1, 0.15) is 54.9 Å². The molecule has 11 heteroatoms. The number of nitrogens with one attached hydrogen (secondary N) is 2. The Morgan fingerprint density at radius 2 is 1.56 bits per heavy atom. The number of rotatable bonds is 5. The monoisotopic (exact) mass is 387 g/mol. The number of ether oxygens (including phenoxy) is 2. The van der Waals surface area contributed by atoms with Crippen molar-refractivity contribution < 1.29 is 29.1 Å². The number of oxime groups is 1. The van der Waals surface area contributed by atoms with Crippen molar-refractivity contribution in [1.82, 2.24) is 15.9 Å². The molecule has 0 saturated carbocycles. The molecule has 11 nitrogen and oxygen atoms in total. The smallest absolute Gasteiger partial charge is 0.428 e. The third-order valence-electron chi connectivity index (χ3n) is 2.45. The van der Waals surface area contributed by atoms with Gasteiger partial charge in [-0.2, -0.15) is 5.10 Å². The second-order valence-corrected chi connectivity index (χ2v) is 7.41. The van der Waals surface area contributed by atoms with Crippen molar-refractivity contribution in [3.05, 3.63) is 0 Å². The van der Waals surface area contributed by atoms with Crippen molar-refractivity contribution in [3.8, 4) is 0 Å². The summed E-state index contributed by atoms with van der Waals surface area (Å²) in [6.07, 6.45) is -0.687. The average molecular weight is 387 g/mol. The number of hydrazone groups is 1. The molecule has 0 aliphatic carbocycles. The summed E-state index contributed by atoms with van der Waals surface area (Å²) < 4.78 is 10.1. The Morgan fingerprint density at radius 1 is 1.04 bits per heavy atom. The van der Waals surface area contributed by atoms with E-state index in [0.29, 0.717) is 0 Å². The van der Waals surface area contributed by atoms with E-state index in [1.165, 1.54) is 0 Å². The Kier molecular flexibility index (Phi) is 9.24. The van der Waals surface area contributed by atoms with E-state index in [1.807, 2.05) is 0 Å². The van der Waals surface area contributed by atoms with Gasteiger partial charge >= 0.3 is 12.2 Å². The molecule has 0 aromatic rings. The molecule has 0 aromatic heterocycles. The first-order valence-corrected chi connectivity index (χ1v) is 8.30. The molecule has 0 atom stereocenters. The molecule has 0 fully saturated rings. The highest BCUT2D eigenvalue weighted by Gasteiger charge is 2.22. The van der Waals surface area contributed by atoms with Crippen LogP contribution in [-0.2, 0) is 14.3 Å². The highest BCUT2D eigenvalue weighted by molar-refractivity contribution is 6.31. The molecule has 0 aliphatic heterocycles. The van der Waals surface area contributed by atoms with Crippen LogP contribution in [0.15, 0.2) is 10.3 Å². The first-order valence-electron chi connectivity index (χ1n) is 8.30. The summed E-state index contributed by atoms with van der Waals surface area (Å²) in [7, 11) is 0. The number of amides is 3. The van der Waals surface area contributed by atoms with Gasteiger partial charge in [-0.3, -0.25) is 4.79 Å². The second-order valence-electron chi connectivity index (χ2n) is 7.41. The molecule has 0 radical (unpaired) electrons. The van der Waals surface area contributed by atoms with E-state index in [-0.39, 0.29) is 18.7 Å². The van der Waals surface area contributed by atoms with E-state index in [9.17, 15) is 14.4 Å². The zero-order valence-electron chi connectivity index (χ0n) is 16.8. The van der Waals surface area contributed by atoms with Crippen LogP contribution in [0.3, 0.4) is 0 Å². The van der Waals surface area contributed by atoms with Crippen LogP contribution in [0.2, 0.25) is 0 Å². The zero-order valence-corrected chi connectivity index (χ0v) is 16.8. The molecule has 0 bridgehead atoms. The third kappa shape index (κ3) is 12.2. The molecule has 0 heterocycles. The maximum atomic E-state index is 12.1. The molecular formula is C16H29N5O6. The predicted octanol–water partition coefficient (Wildman–Crippen LogP) is 2.01. The van der Waals surface area contributed by atoms with Crippen LogP contribution >= 0.6 is 0 Å². The van der Waals surface area contributed by atoms with Crippen molar-refractivity contribution in [2.45, 2.75) is 66.1 Å². The Bertz CT molecular complexity index is 589. The molecular weight excluding hydrogens is 358 g/mol. The molecule has 0 aliphatic rings. The molecule has 0 rings (SSSR count). The Balaban J connectivity index is 5.19. The first kappa shape index (κ1) is 24.1. The summed E-state index contributed by atoms with van der Waals surface area (Å²) in [5, 5.41) is 16.3. The summed E-state index contributed by atoms with van der Waals surface area (Å²) >= 11 is 0. The van der Waals surface area contributed by atoms with E-state index in [1.54, 1.807) is 48.5 Å². The maximum absolute atomic E-state index is 12.1. The number of hydrazine groups is 1. The summed E-state index contributed by atoms with van der Waals surface area (Å²) in [5.74, 6) is -0.447. The molecule has 0 spiro atoms. The highest BCUT2D eigenvalue weighted by atomic mass is 16.6. The molecule has 3 amide bonds. The van der Waals surface area contributed by atoms with Gasteiger partial charge in [0.1, 0.15) is 16.9 Å². The second kappa shape index (κ2) is 10.3. The van der Waals surface area contributed by atoms with Crippen LogP contribution in [-0.4, -0.2) is 58.0 Å². The number of carbonyl (C=O) groups is 3. The van der Waals surface area contributed by atoms with Gasteiger partial charge < -0.3 is 14.7 Å². The fourth-order valence-corrected chi connectivity index (χ4v) is 1.54. The number of hydrogen-bond donors (Lipinski definition) is 3. The molecule has 27 heavy (non-hydrogen) atoms. The van der Waals surface area contributed by atoms with Crippen LogP contribution in [0.5, 0.6) is 0 Å². The van der Waals surface area contributed by atoms with Crippen molar-refractivity contribution in [2.75, 3.05) is 6.54 Å². The summed E-state index contributed by atoms with van der Waals surface area (Å²) in [5.41, 5.74) is 2.90. The molecule has 0 unspecified atom stereocenters. The minimum Gasteiger partial charge on any atom is -0.443 e. The maximum Gasteiger partial charge on any atom is 0.428 e. The Labute approximate surface area is 158 Å². The van der Waals surface area contributed by atoms with E-state index < -0.39 is 29.3 Å². The zero-order chi connectivity index (χ0) is 21.3. The third-order valence-corrected chi connectivity index (χ3v) is 2.45. The average Bonchev–Trinajstić information content (AvgIpc) is 2.47. The van der Waals surface area contributed by atoms with Crippen molar-refractivity contribution in [3.63, 3.8) is 0 Å². The fourth-order valence-electron chi connectivity index (χ4n) is 1.54. The largest absolute Gasteiger partial charge is 0.443 e. The normalized spacial score (nSPS) is 12.5. The van der Waals surface area contributed by atoms with E-state index in [2.05, 4.69) is 21.1 Å². The fraction of sp³-hybridized carbons (Fsp3) is 0.688. The quantitative estimate of drug-likeness (QED) is 0.374. The summed E-state index contributed by atoms with van der Waals surface area (Å²) in [6, 6.07) is 0. The van der Waals surface area contributed by atoms with Crippen molar-refractivity contribution in [1.29, 1.82) is 0 Å². The van der Waals surface area contributed by atoms with Gasteiger partial charge in [0.25, 0.3) is 0 Å². The van der Waals surface area contributed by atoms with Crippen LogP contribution in [0.25, 0.3) is 0 Å². The molecule has 154 valence electrons. The van der Waals surface area contributed by atoms with Gasteiger partial charge in [-0.15, -0.1) is 0 Å². The van der Waals surface area contributed by atoms with E-state index >= 15 is 0 Å². The van der Waals surface area contributed by atoms with Gasteiger partial charge in [0.2, 0.25) is 5.91 Å². The van der Waals surface area contributed by atoms with Crippen LogP contribution in [0.4, 0.5) is 9.59 Å². The Morgan fingerprint density at radius 3 is 2.00 bits per heavy atom. The molecule has 0 aromatic carbocycles. The lowest BCUT2D eigenvalue weighted by Crippen LogP contribution is -2.50. The lowest BCUT2D eigenvalue weighted by molar-refractivity contribution is -0.133. The van der Waals surface area contributed by atoms with E-state index in [0.717, 1.165) is 11.2 Å². The van der Waals surface area contributed by atoms with Gasteiger partial charge in [-0.05, 0) is 41.5 Å². The lowest BCUT2D eigenvalue weighted by atomic mass is 10.2. The molecule has 3 N–H and O–H groups in total. The summed E-state index contributed by atoms with van der Waals surface area (Å²) in [4.78, 5) is 35.6. The molecule has 0 saturated heterocycles. The minimum absolute atomic E-state index is 0.0267. The first-order chi connectivity index (χ1) is 12.3. The standard InChI is InChI=1S/C16H29N5O6/c1-8-12(22)21(20-14(24)27-16(5,6)7)10-11(9-17-25)18-19-13(23)26-15(2,3)4/h9,25H,8,10H2,1-7H3,(H,19,23)(H,20,24)/b17-9+,18-11-. The van der Waals surface area contributed by atoms with Crippen molar-refractivity contribution in [2.24, 2.45) is 10.3 Å². The highest BCUT2D eigenvalue weighted by Crippen LogP contribution is 2.07. The van der Waals surface area contributed by atoms with Gasteiger partial charge in [-0.25, -0.2) is 25.4 Å². The number of nitrogens with zero attached hydrogens (tertiary/aromatic N) is 3. The van der Waals surface area contributed by atoms with Gasteiger partial charge in [0, 0.05) is 6.42 Å². The Hall–Kier alpha value is -2.85. The minimum atomic E-state index is -0.843. The van der Waals surface area contributed by atoms with Gasteiger partial charge in [-0.1, -0.05) is 12.1 Å². The number of hydrogen-bond acceptors (Lipinski definition) is 8. The predicted molar refractivity (Wildman–Crippen MR) is 98.5 cm³/mol. The van der Waals surface area contributed by atoms with Crippen LogP contribution < -0.4 is 10.9 Å². The van der Waals surface area contributed by atoms with Gasteiger partial charge in [0.05, 0.1) is 12.8 Å². The van der Waals surface area contributed by atoms with E-state index in [4.69, 9.17) is 14.7 Å². The van der Waals surface area contributed by atoms with Crippen LogP contribution in [0, 0.1) is 0 Å². The lowest BCUT2D eigenvalue weighted by Gasteiger charge is -2.25. The number of carbonyl (C=O) groups excluding carboxylic acids is 3.